The Balaban J connectivity index is 1.47. The fourth-order valence-electron chi connectivity index (χ4n) is 3.35. The molecule has 1 amide bonds. The fraction of sp³-hybridized carbons (Fsp3) is 0.318. The standard InChI is InChI=1S/C22H25F2N3O3/c1-27(13-15-7-8-19(30-22(23)24)20(11-15)29-2)14-21(28)25-10-9-16-12-26-18-6-4-3-5-17(16)18/h3-8,11-12,22,26H,9-10,13-14H2,1-2H3,(H,25,28). The molecular formula is C22H25F2N3O3. The molecule has 0 bridgehead atoms. The lowest BCUT2D eigenvalue weighted by Crippen LogP contribution is -2.35. The van der Waals surface area contributed by atoms with Crippen LogP contribution in [0, 0.1) is 0 Å². The van der Waals surface area contributed by atoms with E-state index in [1.165, 1.54) is 13.2 Å². The Morgan fingerprint density at radius 3 is 2.77 bits per heavy atom. The molecular weight excluding hydrogens is 392 g/mol. The first kappa shape index (κ1) is 21.6. The number of hydrogen-bond acceptors (Lipinski definition) is 4. The van der Waals surface area contributed by atoms with Gasteiger partial charge in [0.25, 0.3) is 0 Å². The Labute approximate surface area is 173 Å². The summed E-state index contributed by atoms with van der Waals surface area (Å²) in [6.45, 7) is -1.70. The van der Waals surface area contributed by atoms with Gasteiger partial charge in [-0.2, -0.15) is 8.78 Å². The summed E-state index contributed by atoms with van der Waals surface area (Å²) in [6, 6.07) is 12.8. The minimum absolute atomic E-state index is 0.0195. The predicted molar refractivity (Wildman–Crippen MR) is 111 cm³/mol. The van der Waals surface area contributed by atoms with Crippen molar-refractivity contribution in [3.63, 3.8) is 0 Å². The number of nitrogens with zero attached hydrogens (tertiary/aromatic N) is 1. The Hall–Kier alpha value is -3.13. The molecule has 30 heavy (non-hydrogen) atoms. The highest BCUT2D eigenvalue weighted by molar-refractivity contribution is 5.83. The number of para-hydroxylation sites is 1. The molecule has 0 radical (unpaired) electrons. The van der Waals surface area contributed by atoms with Crippen molar-refractivity contribution in [3.8, 4) is 11.5 Å². The van der Waals surface area contributed by atoms with Crippen LogP contribution in [0.2, 0.25) is 0 Å². The van der Waals surface area contributed by atoms with Gasteiger partial charge in [0.1, 0.15) is 0 Å². The fourth-order valence-corrected chi connectivity index (χ4v) is 3.35. The second kappa shape index (κ2) is 10.1. The largest absolute Gasteiger partial charge is 0.493 e. The van der Waals surface area contributed by atoms with Crippen molar-refractivity contribution < 1.29 is 23.0 Å². The molecule has 0 fully saturated rings. The average Bonchev–Trinajstić information content (AvgIpc) is 3.12. The highest BCUT2D eigenvalue weighted by Gasteiger charge is 2.13. The number of aromatic nitrogens is 1. The van der Waals surface area contributed by atoms with Crippen LogP contribution in [0.3, 0.4) is 0 Å². The number of aromatic amines is 1. The number of benzene rings is 2. The van der Waals surface area contributed by atoms with Crippen LogP contribution < -0.4 is 14.8 Å². The zero-order valence-corrected chi connectivity index (χ0v) is 17.0. The first-order valence-electron chi connectivity index (χ1n) is 9.58. The van der Waals surface area contributed by atoms with Crippen LogP contribution in [-0.2, 0) is 17.8 Å². The Bertz CT molecular complexity index is 991. The molecule has 0 spiro atoms. The lowest BCUT2D eigenvalue weighted by atomic mass is 10.1. The summed E-state index contributed by atoms with van der Waals surface area (Å²) in [6.07, 6.45) is 2.71. The molecule has 1 aromatic heterocycles. The monoisotopic (exact) mass is 417 g/mol. The van der Waals surface area contributed by atoms with Crippen LogP contribution in [0.1, 0.15) is 11.1 Å². The van der Waals surface area contributed by atoms with Crippen molar-refractivity contribution in [1.29, 1.82) is 0 Å². The van der Waals surface area contributed by atoms with Gasteiger partial charge in [0, 0.05) is 30.2 Å². The van der Waals surface area contributed by atoms with Gasteiger partial charge in [-0.25, -0.2) is 0 Å². The normalized spacial score (nSPS) is 11.3. The van der Waals surface area contributed by atoms with Gasteiger partial charge < -0.3 is 19.8 Å². The molecule has 1 heterocycles. The molecule has 3 aromatic rings. The molecule has 0 unspecified atom stereocenters. The molecule has 0 aliphatic rings. The third-order valence-electron chi connectivity index (χ3n) is 4.70. The number of H-pyrrole nitrogens is 1. The first-order chi connectivity index (χ1) is 14.5. The molecule has 2 aromatic carbocycles. The SMILES string of the molecule is COc1cc(CN(C)CC(=O)NCCc2c[nH]c3ccccc23)ccc1OC(F)F. The summed E-state index contributed by atoms with van der Waals surface area (Å²) in [5.74, 6) is 0.125. The van der Waals surface area contributed by atoms with E-state index < -0.39 is 6.61 Å². The van der Waals surface area contributed by atoms with E-state index >= 15 is 0 Å². The highest BCUT2D eigenvalue weighted by Crippen LogP contribution is 2.29. The van der Waals surface area contributed by atoms with Gasteiger partial charge in [0.05, 0.1) is 13.7 Å². The second-order valence-corrected chi connectivity index (χ2v) is 7.00. The average molecular weight is 417 g/mol. The number of rotatable bonds is 10. The number of fused-ring (bicyclic) bond motifs is 1. The molecule has 0 saturated heterocycles. The van der Waals surface area contributed by atoms with Crippen LogP contribution in [-0.4, -0.2) is 49.6 Å². The van der Waals surface area contributed by atoms with Gasteiger partial charge in [0.15, 0.2) is 11.5 Å². The highest BCUT2D eigenvalue weighted by atomic mass is 19.3. The van der Waals surface area contributed by atoms with E-state index in [1.807, 2.05) is 36.3 Å². The molecule has 3 rings (SSSR count). The molecule has 6 nitrogen and oxygen atoms in total. The molecule has 160 valence electrons. The van der Waals surface area contributed by atoms with E-state index in [0.29, 0.717) is 13.1 Å². The molecule has 2 N–H and O–H groups in total. The van der Waals surface area contributed by atoms with E-state index in [1.54, 1.807) is 12.1 Å². The van der Waals surface area contributed by atoms with Crippen molar-refractivity contribution in [2.24, 2.45) is 0 Å². The van der Waals surface area contributed by atoms with Crippen molar-refractivity contribution >= 4 is 16.8 Å². The molecule has 8 heteroatoms. The summed E-state index contributed by atoms with van der Waals surface area (Å²) in [5.41, 5.74) is 3.07. The van der Waals surface area contributed by atoms with Crippen molar-refractivity contribution in [2.75, 3.05) is 27.2 Å². The summed E-state index contributed by atoms with van der Waals surface area (Å²) < 4.78 is 34.4. The molecule has 0 atom stereocenters. The first-order valence-corrected chi connectivity index (χ1v) is 9.58. The maximum atomic E-state index is 12.4. The Morgan fingerprint density at radius 2 is 2.00 bits per heavy atom. The van der Waals surface area contributed by atoms with E-state index in [9.17, 15) is 13.6 Å². The molecule has 0 aliphatic heterocycles. The summed E-state index contributed by atoms with van der Waals surface area (Å²) in [4.78, 5) is 17.3. The van der Waals surface area contributed by atoms with Gasteiger partial charge in [0.2, 0.25) is 5.91 Å². The number of likely N-dealkylation sites (N-methyl/N-ethyl adjacent to an activating group) is 1. The number of carbonyl (C=O) groups is 1. The number of nitrogens with one attached hydrogen (secondary N) is 2. The maximum Gasteiger partial charge on any atom is 0.387 e. The van der Waals surface area contributed by atoms with Gasteiger partial charge >= 0.3 is 6.61 Å². The second-order valence-electron chi connectivity index (χ2n) is 7.00. The van der Waals surface area contributed by atoms with E-state index in [-0.39, 0.29) is 24.0 Å². The lowest BCUT2D eigenvalue weighted by molar-refractivity contribution is -0.122. The summed E-state index contributed by atoms with van der Waals surface area (Å²) >= 11 is 0. The minimum Gasteiger partial charge on any atom is -0.493 e. The number of methoxy groups -OCH3 is 1. The van der Waals surface area contributed by atoms with E-state index in [2.05, 4.69) is 21.1 Å². The number of halogens is 2. The summed E-state index contributed by atoms with van der Waals surface area (Å²) in [5, 5.41) is 4.10. The zero-order chi connectivity index (χ0) is 21.5. The number of amides is 1. The van der Waals surface area contributed by atoms with Crippen molar-refractivity contribution in [3.05, 3.63) is 59.8 Å². The van der Waals surface area contributed by atoms with Crippen LogP contribution in [0.25, 0.3) is 10.9 Å². The third-order valence-corrected chi connectivity index (χ3v) is 4.70. The lowest BCUT2D eigenvalue weighted by Gasteiger charge is -2.18. The van der Waals surface area contributed by atoms with Gasteiger partial charge in [-0.3, -0.25) is 9.69 Å². The summed E-state index contributed by atoms with van der Waals surface area (Å²) in [7, 11) is 3.21. The van der Waals surface area contributed by atoms with Crippen LogP contribution in [0.15, 0.2) is 48.7 Å². The van der Waals surface area contributed by atoms with Crippen LogP contribution >= 0.6 is 0 Å². The Morgan fingerprint density at radius 1 is 1.20 bits per heavy atom. The van der Waals surface area contributed by atoms with Crippen molar-refractivity contribution in [1.82, 2.24) is 15.2 Å². The van der Waals surface area contributed by atoms with Crippen LogP contribution in [0.5, 0.6) is 11.5 Å². The van der Waals surface area contributed by atoms with Crippen molar-refractivity contribution in [2.45, 2.75) is 19.6 Å². The van der Waals surface area contributed by atoms with Gasteiger partial charge in [-0.1, -0.05) is 24.3 Å². The van der Waals surface area contributed by atoms with E-state index in [4.69, 9.17) is 4.74 Å². The number of carbonyl (C=O) groups excluding carboxylic acids is 1. The quantitative estimate of drug-likeness (QED) is 0.529. The smallest absolute Gasteiger partial charge is 0.387 e. The third kappa shape index (κ3) is 5.70. The zero-order valence-electron chi connectivity index (χ0n) is 17.0. The van der Waals surface area contributed by atoms with Crippen LogP contribution in [0.4, 0.5) is 8.78 Å². The number of ether oxygens (including phenoxy) is 2. The number of hydrogen-bond donors (Lipinski definition) is 2. The number of alkyl halides is 2. The van der Waals surface area contributed by atoms with E-state index in [0.717, 1.165) is 28.5 Å². The maximum absolute atomic E-state index is 12.4. The topological polar surface area (TPSA) is 66.6 Å². The Kier molecular flexibility index (Phi) is 7.24. The van der Waals surface area contributed by atoms with Gasteiger partial charge in [-0.15, -0.1) is 0 Å². The predicted octanol–water partition coefficient (Wildman–Crippen LogP) is 3.57. The van der Waals surface area contributed by atoms with Gasteiger partial charge in [-0.05, 0) is 42.8 Å². The molecule has 0 aliphatic carbocycles. The minimum atomic E-state index is -2.92. The molecule has 0 saturated carbocycles.